The van der Waals surface area contributed by atoms with Gasteiger partial charge in [0.2, 0.25) is 0 Å². The van der Waals surface area contributed by atoms with Crippen LogP contribution < -0.4 is 10.5 Å². The Hall–Kier alpha value is -1.59. The zero-order chi connectivity index (χ0) is 13.8. The summed E-state index contributed by atoms with van der Waals surface area (Å²) >= 11 is 0. The second-order valence-corrected chi connectivity index (χ2v) is 4.88. The van der Waals surface area contributed by atoms with E-state index in [1.165, 1.54) is 0 Å². The van der Waals surface area contributed by atoms with Crippen molar-refractivity contribution in [1.82, 2.24) is 14.5 Å². The molecule has 5 heteroatoms. The molecule has 0 radical (unpaired) electrons. The summed E-state index contributed by atoms with van der Waals surface area (Å²) in [6, 6.07) is 6.01. The molecule has 0 bridgehead atoms. The fourth-order valence-electron chi connectivity index (χ4n) is 2.16. The van der Waals surface area contributed by atoms with E-state index in [1.54, 1.807) is 7.11 Å². The first kappa shape index (κ1) is 13.8. The van der Waals surface area contributed by atoms with Gasteiger partial charge in [0.15, 0.2) is 0 Å². The molecular formula is C14H22N4O. The largest absolute Gasteiger partial charge is 0.497 e. The summed E-state index contributed by atoms with van der Waals surface area (Å²) < 4.78 is 7.50. The zero-order valence-electron chi connectivity index (χ0n) is 11.9. The molecule has 0 aliphatic rings. The predicted molar refractivity (Wildman–Crippen MR) is 77.6 cm³/mol. The Morgan fingerprint density at radius 3 is 2.79 bits per heavy atom. The number of imidazole rings is 1. The lowest BCUT2D eigenvalue weighted by Gasteiger charge is -2.13. The molecule has 0 atom stereocenters. The number of hydrogen-bond donors (Lipinski definition) is 1. The van der Waals surface area contributed by atoms with Crippen LogP contribution in [0.1, 0.15) is 5.82 Å². The van der Waals surface area contributed by atoms with Gasteiger partial charge in [-0.1, -0.05) is 0 Å². The van der Waals surface area contributed by atoms with Crippen molar-refractivity contribution in [3.63, 3.8) is 0 Å². The van der Waals surface area contributed by atoms with Crippen molar-refractivity contribution >= 4 is 11.0 Å². The number of methoxy groups -OCH3 is 1. The third-order valence-electron chi connectivity index (χ3n) is 3.17. The van der Waals surface area contributed by atoms with E-state index in [4.69, 9.17) is 10.5 Å². The molecule has 104 valence electrons. The lowest BCUT2D eigenvalue weighted by Crippen LogP contribution is -2.20. The van der Waals surface area contributed by atoms with Gasteiger partial charge >= 0.3 is 0 Å². The monoisotopic (exact) mass is 262 g/mol. The number of fused-ring (bicyclic) bond motifs is 1. The van der Waals surface area contributed by atoms with E-state index in [9.17, 15) is 0 Å². The predicted octanol–water partition coefficient (Wildman–Crippen LogP) is 1.11. The van der Waals surface area contributed by atoms with E-state index >= 15 is 0 Å². The highest BCUT2D eigenvalue weighted by Crippen LogP contribution is 2.22. The number of likely N-dealkylation sites (N-methyl/N-ethyl adjacent to an activating group) is 1. The Morgan fingerprint density at radius 2 is 2.16 bits per heavy atom. The van der Waals surface area contributed by atoms with Gasteiger partial charge in [0, 0.05) is 25.6 Å². The van der Waals surface area contributed by atoms with Crippen LogP contribution in [0.3, 0.4) is 0 Å². The molecule has 2 N–H and O–H groups in total. The maximum absolute atomic E-state index is 5.67. The maximum Gasteiger partial charge on any atom is 0.121 e. The summed E-state index contributed by atoms with van der Waals surface area (Å²) in [5.74, 6) is 1.89. The van der Waals surface area contributed by atoms with Gasteiger partial charge in [0.25, 0.3) is 0 Å². The van der Waals surface area contributed by atoms with Gasteiger partial charge in [0.1, 0.15) is 11.6 Å². The van der Waals surface area contributed by atoms with E-state index in [1.807, 2.05) is 12.1 Å². The van der Waals surface area contributed by atoms with Crippen LogP contribution in [0.5, 0.6) is 5.75 Å². The van der Waals surface area contributed by atoms with Crippen LogP contribution in [-0.4, -0.2) is 48.7 Å². The van der Waals surface area contributed by atoms with E-state index in [2.05, 4.69) is 34.6 Å². The van der Waals surface area contributed by atoms with Crippen LogP contribution in [-0.2, 0) is 13.0 Å². The molecule has 19 heavy (non-hydrogen) atoms. The van der Waals surface area contributed by atoms with Crippen molar-refractivity contribution < 1.29 is 4.74 Å². The SMILES string of the molecule is COc1ccc2c(c1)nc(CCN)n2CCN(C)C. The van der Waals surface area contributed by atoms with Crippen LogP contribution in [0.15, 0.2) is 18.2 Å². The Balaban J connectivity index is 2.41. The summed E-state index contributed by atoms with van der Waals surface area (Å²) in [7, 11) is 5.82. The highest BCUT2D eigenvalue weighted by Gasteiger charge is 2.11. The normalized spacial score (nSPS) is 11.4. The van der Waals surface area contributed by atoms with Gasteiger partial charge in [-0.05, 0) is 32.8 Å². The lowest BCUT2D eigenvalue weighted by atomic mass is 10.3. The molecule has 0 saturated heterocycles. The summed E-state index contributed by atoms with van der Waals surface area (Å²) in [4.78, 5) is 6.84. The fourth-order valence-corrected chi connectivity index (χ4v) is 2.16. The van der Waals surface area contributed by atoms with E-state index in [-0.39, 0.29) is 0 Å². The van der Waals surface area contributed by atoms with Crippen molar-refractivity contribution in [3.05, 3.63) is 24.0 Å². The minimum Gasteiger partial charge on any atom is -0.497 e. The quantitative estimate of drug-likeness (QED) is 0.847. The molecule has 5 nitrogen and oxygen atoms in total. The molecule has 0 spiro atoms. The van der Waals surface area contributed by atoms with Crippen LogP contribution in [0.4, 0.5) is 0 Å². The van der Waals surface area contributed by atoms with Crippen molar-refractivity contribution in [2.45, 2.75) is 13.0 Å². The number of benzene rings is 1. The van der Waals surface area contributed by atoms with E-state index in [0.29, 0.717) is 6.54 Å². The molecule has 0 aliphatic heterocycles. The third-order valence-corrected chi connectivity index (χ3v) is 3.17. The van der Waals surface area contributed by atoms with Crippen molar-refractivity contribution in [2.24, 2.45) is 5.73 Å². The first-order chi connectivity index (χ1) is 9.15. The molecule has 1 aromatic carbocycles. The zero-order valence-corrected chi connectivity index (χ0v) is 11.9. The molecule has 2 aromatic rings. The Kier molecular flexibility index (Phi) is 4.39. The molecule has 0 amide bonds. The fraction of sp³-hybridized carbons (Fsp3) is 0.500. The van der Waals surface area contributed by atoms with Gasteiger partial charge in [-0.15, -0.1) is 0 Å². The number of aromatic nitrogens is 2. The standard InChI is InChI=1S/C14H22N4O/c1-17(2)8-9-18-13-5-4-11(19-3)10-12(13)16-14(18)6-7-15/h4-5,10H,6-9,15H2,1-3H3. The second kappa shape index (κ2) is 6.04. The van der Waals surface area contributed by atoms with Gasteiger partial charge < -0.3 is 19.9 Å². The van der Waals surface area contributed by atoms with Gasteiger partial charge in [-0.2, -0.15) is 0 Å². The minimum atomic E-state index is 0.614. The minimum absolute atomic E-state index is 0.614. The number of nitrogens with two attached hydrogens (primary N) is 1. The number of hydrogen-bond acceptors (Lipinski definition) is 4. The summed E-state index contributed by atoms with van der Waals surface area (Å²) in [5.41, 5.74) is 7.79. The topological polar surface area (TPSA) is 56.3 Å². The molecule has 0 unspecified atom stereocenters. The summed E-state index contributed by atoms with van der Waals surface area (Å²) in [5, 5.41) is 0. The van der Waals surface area contributed by atoms with Gasteiger partial charge in [-0.25, -0.2) is 4.98 Å². The van der Waals surface area contributed by atoms with Crippen molar-refractivity contribution in [3.8, 4) is 5.75 Å². The molecule has 1 heterocycles. The molecular weight excluding hydrogens is 240 g/mol. The number of nitrogens with zero attached hydrogens (tertiary/aromatic N) is 3. The first-order valence-electron chi connectivity index (χ1n) is 6.53. The van der Waals surface area contributed by atoms with Crippen molar-refractivity contribution in [2.75, 3.05) is 34.3 Å². The average molecular weight is 262 g/mol. The molecule has 0 aliphatic carbocycles. The van der Waals surface area contributed by atoms with Crippen LogP contribution in [0.25, 0.3) is 11.0 Å². The molecule has 0 fully saturated rings. The van der Waals surface area contributed by atoms with Crippen LogP contribution in [0.2, 0.25) is 0 Å². The Labute approximate surface area is 114 Å². The van der Waals surface area contributed by atoms with E-state index in [0.717, 1.165) is 42.1 Å². The lowest BCUT2D eigenvalue weighted by molar-refractivity contribution is 0.383. The van der Waals surface area contributed by atoms with Crippen LogP contribution >= 0.6 is 0 Å². The molecule has 2 rings (SSSR count). The number of ether oxygens (including phenoxy) is 1. The van der Waals surface area contributed by atoms with Gasteiger partial charge in [0.05, 0.1) is 18.1 Å². The third kappa shape index (κ3) is 3.05. The van der Waals surface area contributed by atoms with Crippen LogP contribution in [0, 0.1) is 0 Å². The highest BCUT2D eigenvalue weighted by molar-refractivity contribution is 5.77. The summed E-state index contributed by atoms with van der Waals surface area (Å²) in [6.45, 7) is 2.52. The average Bonchev–Trinajstić information content (AvgIpc) is 2.73. The number of rotatable bonds is 6. The summed E-state index contributed by atoms with van der Waals surface area (Å²) in [6.07, 6.45) is 0.796. The molecule has 0 saturated carbocycles. The van der Waals surface area contributed by atoms with Gasteiger partial charge in [-0.3, -0.25) is 0 Å². The first-order valence-corrected chi connectivity index (χ1v) is 6.53. The second-order valence-electron chi connectivity index (χ2n) is 4.88. The smallest absolute Gasteiger partial charge is 0.121 e. The van der Waals surface area contributed by atoms with E-state index < -0.39 is 0 Å². The Bertz CT molecular complexity index is 548. The highest BCUT2D eigenvalue weighted by atomic mass is 16.5. The Morgan fingerprint density at radius 1 is 1.37 bits per heavy atom. The molecule has 1 aromatic heterocycles. The maximum atomic E-state index is 5.67. The van der Waals surface area contributed by atoms with Crippen molar-refractivity contribution in [1.29, 1.82) is 0 Å².